The highest BCUT2D eigenvalue weighted by atomic mass is 19.1. The fourth-order valence-corrected chi connectivity index (χ4v) is 2.76. The molecule has 0 spiro atoms. The van der Waals surface area contributed by atoms with Crippen LogP contribution in [0.2, 0.25) is 0 Å². The minimum atomic E-state index is -0.532. The first kappa shape index (κ1) is 18.0. The molecule has 8 nitrogen and oxygen atoms in total. The molecule has 0 unspecified atom stereocenters. The Morgan fingerprint density at radius 1 is 1.12 bits per heavy atom. The lowest BCUT2D eigenvalue weighted by Gasteiger charge is -2.34. The van der Waals surface area contributed by atoms with Crippen molar-refractivity contribution in [1.82, 2.24) is 30.0 Å². The Hall–Kier alpha value is -2.84. The summed E-state index contributed by atoms with van der Waals surface area (Å²) >= 11 is 0. The van der Waals surface area contributed by atoms with Gasteiger partial charge in [-0.2, -0.15) is 4.80 Å². The van der Waals surface area contributed by atoms with Crippen LogP contribution >= 0.6 is 0 Å². The lowest BCUT2D eigenvalue weighted by atomic mass is 10.1. The summed E-state index contributed by atoms with van der Waals surface area (Å²) < 4.78 is 13.8. The van der Waals surface area contributed by atoms with Gasteiger partial charge < -0.3 is 9.80 Å². The first-order valence-electron chi connectivity index (χ1n) is 8.55. The van der Waals surface area contributed by atoms with Crippen molar-refractivity contribution in [3.63, 3.8) is 0 Å². The zero-order valence-corrected chi connectivity index (χ0v) is 14.8. The molecule has 1 aliphatic heterocycles. The van der Waals surface area contributed by atoms with E-state index in [2.05, 4.69) is 15.4 Å². The van der Waals surface area contributed by atoms with E-state index in [9.17, 15) is 14.0 Å². The van der Waals surface area contributed by atoms with Gasteiger partial charge in [0.15, 0.2) is 5.82 Å². The van der Waals surface area contributed by atoms with Crippen molar-refractivity contribution in [2.24, 2.45) is 0 Å². The molecule has 3 rings (SSSR count). The lowest BCUT2D eigenvalue weighted by Crippen LogP contribution is -2.51. The van der Waals surface area contributed by atoms with Crippen LogP contribution in [0.1, 0.15) is 36.1 Å². The van der Waals surface area contributed by atoms with E-state index in [-0.39, 0.29) is 29.8 Å². The zero-order chi connectivity index (χ0) is 18.7. The topological polar surface area (TPSA) is 84.2 Å². The molecule has 2 heterocycles. The molecule has 2 amide bonds. The third-order valence-electron chi connectivity index (χ3n) is 4.26. The largest absolute Gasteiger partial charge is 0.339 e. The Morgan fingerprint density at radius 2 is 1.77 bits per heavy atom. The molecule has 1 aliphatic rings. The van der Waals surface area contributed by atoms with E-state index in [1.807, 2.05) is 13.8 Å². The number of rotatable bonds is 4. The van der Waals surface area contributed by atoms with E-state index in [1.165, 1.54) is 16.9 Å². The van der Waals surface area contributed by atoms with Gasteiger partial charge in [0, 0.05) is 26.2 Å². The molecule has 26 heavy (non-hydrogen) atoms. The predicted octanol–water partition coefficient (Wildman–Crippen LogP) is 0.920. The van der Waals surface area contributed by atoms with Gasteiger partial charge in [-0.05, 0) is 31.2 Å². The minimum Gasteiger partial charge on any atom is -0.339 e. The first-order chi connectivity index (χ1) is 12.5. The fraction of sp³-hybridized carbons (Fsp3) is 0.471. The van der Waals surface area contributed by atoms with Crippen molar-refractivity contribution >= 4 is 11.8 Å². The molecule has 0 N–H and O–H groups in total. The summed E-state index contributed by atoms with van der Waals surface area (Å²) in [4.78, 5) is 29.5. The average Bonchev–Trinajstić information content (AvgIpc) is 3.10. The second-order valence-electron chi connectivity index (χ2n) is 6.45. The van der Waals surface area contributed by atoms with E-state index in [0.29, 0.717) is 32.0 Å². The summed E-state index contributed by atoms with van der Waals surface area (Å²) in [6.45, 7) is 5.39. The number of carbonyl (C=O) groups is 2. The van der Waals surface area contributed by atoms with Crippen molar-refractivity contribution in [3.05, 3.63) is 41.5 Å². The molecule has 1 saturated heterocycles. The number of aromatic nitrogens is 4. The second-order valence-corrected chi connectivity index (χ2v) is 6.45. The lowest BCUT2D eigenvalue weighted by molar-refractivity contribution is -0.132. The molecule has 0 radical (unpaired) electrons. The van der Waals surface area contributed by atoms with Crippen LogP contribution in [0.3, 0.4) is 0 Å². The van der Waals surface area contributed by atoms with Crippen LogP contribution in [0.5, 0.6) is 0 Å². The molecule has 9 heteroatoms. The molecule has 0 saturated carbocycles. The number of piperazine rings is 1. The molecule has 1 aromatic carbocycles. The van der Waals surface area contributed by atoms with Gasteiger partial charge in [0.1, 0.15) is 5.82 Å². The third kappa shape index (κ3) is 3.87. The highest BCUT2D eigenvalue weighted by molar-refractivity contribution is 5.94. The van der Waals surface area contributed by atoms with Crippen LogP contribution in [0, 0.1) is 5.82 Å². The standard InChI is InChI=1S/C17H21FN6O2/c1-12(2)24-20-15(19-21-24)11-16(25)22-7-9-23(10-8-22)17(26)13-5-3-4-6-14(13)18/h3-6,12H,7-11H2,1-2H3. The van der Waals surface area contributed by atoms with Crippen molar-refractivity contribution < 1.29 is 14.0 Å². The maximum Gasteiger partial charge on any atom is 0.256 e. The number of hydrogen-bond acceptors (Lipinski definition) is 5. The monoisotopic (exact) mass is 360 g/mol. The van der Waals surface area contributed by atoms with Crippen molar-refractivity contribution in [3.8, 4) is 0 Å². The number of tetrazole rings is 1. The SMILES string of the molecule is CC(C)n1nnc(CC(=O)N2CCN(C(=O)c3ccccc3F)CC2)n1. The summed E-state index contributed by atoms with van der Waals surface area (Å²) in [6, 6.07) is 6.00. The third-order valence-corrected chi connectivity index (χ3v) is 4.26. The molecule has 0 atom stereocenters. The number of nitrogens with zero attached hydrogens (tertiary/aromatic N) is 6. The normalized spacial score (nSPS) is 14.8. The molecule has 138 valence electrons. The minimum absolute atomic E-state index is 0.0572. The van der Waals surface area contributed by atoms with E-state index in [0.717, 1.165) is 0 Å². The maximum absolute atomic E-state index is 13.8. The summed E-state index contributed by atoms with van der Waals surface area (Å²) in [5.74, 6) is -0.605. The van der Waals surface area contributed by atoms with Crippen molar-refractivity contribution in [2.45, 2.75) is 26.3 Å². The highest BCUT2D eigenvalue weighted by Crippen LogP contribution is 2.13. The number of hydrogen-bond donors (Lipinski definition) is 0. The van der Waals surface area contributed by atoms with Gasteiger partial charge in [-0.3, -0.25) is 9.59 Å². The highest BCUT2D eigenvalue weighted by Gasteiger charge is 2.26. The van der Waals surface area contributed by atoms with Gasteiger partial charge in [-0.15, -0.1) is 10.2 Å². The van der Waals surface area contributed by atoms with Gasteiger partial charge in [0.2, 0.25) is 5.91 Å². The van der Waals surface area contributed by atoms with Crippen molar-refractivity contribution in [2.75, 3.05) is 26.2 Å². The first-order valence-corrected chi connectivity index (χ1v) is 8.55. The van der Waals surface area contributed by atoms with Gasteiger partial charge in [-0.25, -0.2) is 4.39 Å². The number of carbonyl (C=O) groups excluding carboxylic acids is 2. The van der Waals surface area contributed by atoms with Gasteiger partial charge in [0.05, 0.1) is 18.0 Å². The van der Waals surface area contributed by atoms with Crippen LogP contribution in [0.4, 0.5) is 4.39 Å². The summed E-state index contributed by atoms with van der Waals surface area (Å²) in [5, 5.41) is 12.0. The molecule has 0 bridgehead atoms. The van der Waals surface area contributed by atoms with Gasteiger partial charge in [-0.1, -0.05) is 12.1 Å². The summed E-state index contributed by atoms with van der Waals surface area (Å²) in [7, 11) is 0. The summed E-state index contributed by atoms with van der Waals surface area (Å²) in [5.41, 5.74) is 0.0572. The fourth-order valence-electron chi connectivity index (χ4n) is 2.76. The number of amides is 2. The van der Waals surface area contributed by atoms with Crippen LogP contribution < -0.4 is 0 Å². The zero-order valence-electron chi connectivity index (χ0n) is 14.8. The Balaban J connectivity index is 1.55. The Morgan fingerprint density at radius 3 is 2.38 bits per heavy atom. The van der Waals surface area contributed by atoms with E-state index >= 15 is 0 Å². The number of halogens is 1. The van der Waals surface area contributed by atoms with E-state index in [1.54, 1.807) is 21.9 Å². The molecule has 1 fully saturated rings. The van der Waals surface area contributed by atoms with Crippen LogP contribution in [0.25, 0.3) is 0 Å². The van der Waals surface area contributed by atoms with Gasteiger partial charge in [0.25, 0.3) is 5.91 Å². The van der Waals surface area contributed by atoms with Crippen LogP contribution in [-0.4, -0.2) is 68.0 Å². The Kier molecular flexibility index (Phi) is 5.24. The average molecular weight is 360 g/mol. The van der Waals surface area contributed by atoms with E-state index < -0.39 is 5.82 Å². The summed E-state index contributed by atoms with van der Waals surface area (Å²) in [6.07, 6.45) is 0.0774. The van der Waals surface area contributed by atoms with Gasteiger partial charge >= 0.3 is 0 Å². The molecular formula is C17H21FN6O2. The number of benzene rings is 1. The van der Waals surface area contributed by atoms with Crippen molar-refractivity contribution in [1.29, 1.82) is 0 Å². The Bertz CT molecular complexity index is 798. The Labute approximate surface area is 150 Å². The molecule has 1 aromatic heterocycles. The van der Waals surface area contributed by atoms with E-state index in [4.69, 9.17) is 0 Å². The predicted molar refractivity (Wildman–Crippen MR) is 90.8 cm³/mol. The van der Waals surface area contributed by atoms with Crippen LogP contribution in [0.15, 0.2) is 24.3 Å². The second kappa shape index (κ2) is 7.59. The van der Waals surface area contributed by atoms with Crippen LogP contribution in [-0.2, 0) is 11.2 Å². The maximum atomic E-state index is 13.8. The molecule has 0 aliphatic carbocycles. The quantitative estimate of drug-likeness (QED) is 0.810. The molecular weight excluding hydrogens is 339 g/mol. The molecule has 2 aromatic rings. The smallest absolute Gasteiger partial charge is 0.256 e.